The summed E-state index contributed by atoms with van der Waals surface area (Å²) in [6.45, 7) is 3.09. The van der Waals surface area contributed by atoms with Gasteiger partial charge in [0.1, 0.15) is 5.15 Å². The maximum Gasteiger partial charge on any atom is 0.323 e. The van der Waals surface area contributed by atoms with Crippen molar-refractivity contribution in [1.82, 2.24) is 4.57 Å². The molecule has 0 unspecified atom stereocenters. The summed E-state index contributed by atoms with van der Waals surface area (Å²) in [5, 5.41) is 0.904. The minimum Gasteiger partial charge on any atom is -0.422 e. The van der Waals surface area contributed by atoms with Crippen molar-refractivity contribution in [3.8, 4) is 0 Å². The number of ketones is 1. The molecule has 0 aliphatic carbocycles. The third kappa shape index (κ3) is 4.19. The fourth-order valence-electron chi connectivity index (χ4n) is 2.92. The lowest BCUT2D eigenvalue weighted by Gasteiger charge is -2.32. The molecule has 0 atom stereocenters. The van der Waals surface area contributed by atoms with Crippen LogP contribution in [0.3, 0.4) is 0 Å². The molecule has 1 aromatic heterocycles. The molecule has 28 heavy (non-hydrogen) atoms. The van der Waals surface area contributed by atoms with Gasteiger partial charge in [0, 0.05) is 31.0 Å². The van der Waals surface area contributed by atoms with Crippen molar-refractivity contribution in [3.63, 3.8) is 0 Å². The van der Waals surface area contributed by atoms with Crippen molar-refractivity contribution in [2.24, 2.45) is 5.92 Å². The largest absolute Gasteiger partial charge is 0.422 e. The number of esters is 2. The van der Waals surface area contributed by atoms with Crippen LogP contribution in [0.25, 0.3) is 0 Å². The molecule has 2 aromatic rings. The first-order valence-electron chi connectivity index (χ1n) is 8.39. The number of carbonyl (C=O) groups excluding carboxylic acids is 3. The molecule has 3 rings (SSSR count). The highest BCUT2D eigenvalue weighted by Crippen LogP contribution is 2.28. The molecule has 6 nitrogen and oxygen atoms in total. The number of halogens is 3. The molecule has 0 amide bonds. The quantitative estimate of drug-likeness (QED) is 0.385. The molecule has 0 saturated carbocycles. The number of benzene rings is 1. The van der Waals surface area contributed by atoms with Crippen LogP contribution in [-0.4, -0.2) is 28.1 Å². The van der Waals surface area contributed by atoms with Crippen LogP contribution in [0.2, 0.25) is 15.2 Å². The molecule has 0 bridgehead atoms. The van der Waals surface area contributed by atoms with Gasteiger partial charge >= 0.3 is 11.9 Å². The SMILES string of the molecule is CC1(C)OC(=O)C(CCn2c(Cl)ccc2C(=O)c2ccc(Cl)cc2Cl)C(=O)O1. The van der Waals surface area contributed by atoms with Crippen molar-refractivity contribution in [2.45, 2.75) is 32.6 Å². The van der Waals surface area contributed by atoms with E-state index in [9.17, 15) is 14.4 Å². The number of rotatable bonds is 5. The molecule has 1 aromatic carbocycles. The van der Waals surface area contributed by atoms with E-state index in [4.69, 9.17) is 44.3 Å². The highest BCUT2D eigenvalue weighted by Gasteiger charge is 2.43. The highest BCUT2D eigenvalue weighted by molar-refractivity contribution is 6.37. The van der Waals surface area contributed by atoms with E-state index in [2.05, 4.69) is 0 Å². The Hall–Kier alpha value is -2.02. The van der Waals surface area contributed by atoms with E-state index < -0.39 is 23.6 Å². The fourth-order valence-corrected chi connectivity index (χ4v) is 3.65. The van der Waals surface area contributed by atoms with E-state index in [-0.39, 0.29) is 40.2 Å². The minimum absolute atomic E-state index is 0.0662. The second-order valence-corrected chi connectivity index (χ2v) is 7.96. The standard InChI is InChI=1S/C19H16Cl3NO5/c1-19(2)27-17(25)12(18(26)28-19)7-8-23-14(5-6-15(23)22)16(24)11-4-3-10(20)9-13(11)21/h3-6,9,12H,7-8H2,1-2H3. The Kier molecular flexibility index (Phi) is 5.75. The second kappa shape index (κ2) is 7.78. The lowest BCUT2D eigenvalue weighted by molar-refractivity contribution is -0.240. The molecular formula is C19H16Cl3NO5. The maximum absolute atomic E-state index is 12.9. The normalized spacial score (nSPS) is 16.6. The van der Waals surface area contributed by atoms with Crippen LogP contribution < -0.4 is 0 Å². The van der Waals surface area contributed by atoms with Gasteiger partial charge in [0.05, 0.1) is 10.7 Å². The smallest absolute Gasteiger partial charge is 0.323 e. The molecule has 2 heterocycles. The van der Waals surface area contributed by atoms with Crippen LogP contribution in [0.15, 0.2) is 30.3 Å². The molecule has 1 saturated heterocycles. The van der Waals surface area contributed by atoms with E-state index in [0.717, 1.165) is 0 Å². The average Bonchev–Trinajstić information content (AvgIpc) is 2.93. The van der Waals surface area contributed by atoms with Crippen molar-refractivity contribution in [3.05, 3.63) is 56.8 Å². The summed E-state index contributed by atoms with van der Waals surface area (Å²) in [6, 6.07) is 7.66. The molecule has 0 spiro atoms. The van der Waals surface area contributed by atoms with Gasteiger partial charge < -0.3 is 14.0 Å². The van der Waals surface area contributed by atoms with Gasteiger partial charge in [-0.15, -0.1) is 0 Å². The van der Waals surface area contributed by atoms with Gasteiger partial charge in [-0.3, -0.25) is 14.4 Å². The molecule has 1 aliphatic heterocycles. The summed E-state index contributed by atoms with van der Waals surface area (Å²) in [5.41, 5.74) is 0.535. The number of carbonyl (C=O) groups is 3. The first-order valence-corrected chi connectivity index (χ1v) is 9.53. The first-order chi connectivity index (χ1) is 13.1. The second-order valence-electron chi connectivity index (χ2n) is 6.73. The van der Waals surface area contributed by atoms with Gasteiger partial charge in [0.2, 0.25) is 5.78 Å². The Labute approximate surface area is 176 Å². The van der Waals surface area contributed by atoms with Crippen LogP contribution in [0, 0.1) is 5.92 Å². The Morgan fingerprint density at radius 1 is 1.07 bits per heavy atom. The van der Waals surface area contributed by atoms with Gasteiger partial charge in [-0.05, 0) is 36.8 Å². The molecule has 0 radical (unpaired) electrons. The molecule has 9 heteroatoms. The van der Waals surface area contributed by atoms with Gasteiger partial charge in [0.25, 0.3) is 5.79 Å². The highest BCUT2D eigenvalue weighted by atomic mass is 35.5. The third-order valence-corrected chi connectivity index (χ3v) is 5.12. The zero-order valence-corrected chi connectivity index (χ0v) is 17.3. The van der Waals surface area contributed by atoms with Crippen LogP contribution in [0.4, 0.5) is 0 Å². The minimum atomic E-state index is -1.29. The Balaban J connectivity index is 1.81. The average molecular weight is 445 g/mol. The van der Waals surface area contributed by atoms with E-state index in [1.165, 1.54) is 30.5 Å². The summed E-state index contributed by atoms with van der Waals surface area (Å²) in [7, 11) is 0. The van der Waals surface area contributed by atoms with Gasteiger partial charge in [-0.25, -0.2) is 0 Å². The summed E-state index contributed by atoms with van der Waals surface area (Å²) in [4.78, 5) is 37.1. The van der Waals surface area contributed by atoms with Crippen LogP contribution >= 0.6 is 34.8 Å². The summed E-state index contributed by atoms with van der Waals surface area (Å²) in [6.07, 6.45) is 0.0662. The first kappa shape index (κ1) is 20.7. The van der Waals surface area contributed by atoms with Gasteiger partial charge in [-0.1, -0.05) is 34.8 Å². The fraction of sp³-hybridized carbons (Fsp3) is 0.316. The van der Waals surface area contributed by atoms with Crippen molar-refractivity contribution < 1.29 is 23.9 Å². The predicted octanol–water partition coefficient (Wildman–Crippen LogP) is 4.52. The van der Waals surface area contributed by atoms with Crippen molar-refractivity contribution in [1.29, 1.82) is 0 Å². The zero-order chi connectivity index (χ0) is 20.6. The summed E-state index contributed by atoms with van der Waals surface area (Å²) in [5.74, 6) is -4.07. The number of ether oxygens (including phenoxy) is 2. The number of nitrogens with zero attached hydrogens (tertiary/aromatic N) is 1. The lowest BCUT2D eigenvalue weighted by Crippen LogP contribution is -2.46. The van der Waals surface area contributed by atoms with Gasteiger partial charge in [0.15, 0.2) is 5.92 Å². The van der Waals surface area contributed by atoms with Crippen LogP contribution in [-0.2, 0) is 25.6 Å². The lowest BCUT2D eigenvalue weighted by atomic mass is 10.0. The molecule has 148 valence electrons. The van der Waals surface area contributed by atoms with Crippen molar-refractivity contribution >= 4 is 52.5 Å². The van der Waals surface area contributed by atoms with Crippen LogP contribution in [0.1, 0.15) is 36.3 Å². The van der Waals surface area contributed by atoms with Crippen LogP contribution in [0.5, 0.6) is 0 Å². The molecule has 0 N–H and O–H groups in total. The Bertz CT molecular complexity index is 946. The summed E-state index contributed by atoms with van der Waals surface area (Å²) >= 11 is 18.2. The number of aromatic nitrogens is 1. The molecule has 1 aliphatic rings. The Morgan fingerprint density at radius 3 is 2.32 bits per heavy atom. The van der Waals surface area contributed by atoms with E-state index in [1.54, 1.807) is 18.2 Å². The van der Waals surface area contributed by atoms with Gasteiger partial charge in [-0.2, -0.15) is 0 Å². The van der Waals surface area contributed by atoms with Crippen molar-refractivity contribution in [2.75, 3.05) is 0 Å². The topological polar surface area (TPSA) is 74.6 Å². The summed E-state index contributed by atoms with van der Waals surface area (Å²) < 4.78 is 11.7. The molecular weight excluding hydrogens is 429 g/mol. The Morgan fingerprint density at radius 2 is 1.71 bits per heavy atom. The maximum atomic E-state index is 12.9. The van der Waals surface area contributed by atoms with E-state index in [0.29, 0.717) is 5.02 Å². The number of hydrogen-bond acceptors (Lipinski definition) is 5. The number of hydrogen-bond donors (Lipinski definition) is 0. The van der Waals surface area contributed by atoms with E-state index in [1.807, 2.05) is 0 Å². The van der Waals surface area contributed by atoms with E-state index >= 15 is 0 Å². The third-order valence-electron chi connectivity index (χ3n) is 4.24. The molecule has 1 fully saturated rings. The predicted molar refractivity (Wildman–Crippen MR) is 104 cm³/mol. The number of cyclic esters (lactones) is 2. The monoisotopic (exact) mass is 443 g/mol. The zero-order valence-electron chi connectivity index (χ0n) is 15.0.